The van der Waals surface area contributed by atoms with E-state index in [2.05, 4.69) is 0 Å². The Balaban J connectivity index is 4.24. The van der Waals surface area contributed by atoms with Gasteiger partial charge in [0.15, 0.2) is 0 Å². The lowest BCUT2D eigenvalue weighted by molar-refractivity contribution is -0.186. The van der Waals surface area contributed by atoms with Crippen molar-refractivity contribution in [3.05, 3.63) is 0 Å². The Morgan fingerprint density at radius 2 is 1.67 bits per heavy atom. The van der Waals surface area contributed by atoms with Crippen LogP contribution in [0, 0.1) is 0 Å². The minimum Gasteiger partial charge on any atom is -0.480 e. The van der Waals surface area contributed by atoms with Crippen molar-refractivity contribution in [2.24, 2.45) is 0 Å². The third-order valence-electron chi connectivity index (χ3n) is 2.39. The number of hydrogen-bond donors (Lipinski definition) is 1. The van der Waals surface area contributed by atoms with Gasteiger partial charge in [-0.3, -0.25) is 9.59 Å². The summed E-state index contributed by atoms with van der Waals surface area (Å²) in [4.78, 5) is 21.7. The van der Waals surface area contributed by atoms with Gasteiger partial charge in [0.2, 0.25) is 0 Å². The van der Waals surface area contributed by atoms with Crippen LogP contribution in [0.1, 0.15) is 39.0 Å². The molecule has 0 aromatic rings. The normalized spacial score (nSPS) is 11.3. The first-order valence-corrected chi connectivity index (χ1v) is 5.87. The molecule has 0 atom stereocenters. The van der Waals surface area contributed by atoms with E-state index in [4.69, 9.17) is 5.11 Å². The molecule has 4 nitrogen and oxygen atoms in total. The van der Waals surface area contributed by atoms with Crippen molar-refractivity contribution in [3.8, 4) is 0 Å². The number of aliphatic carboxylic acids is 1. The Morgan fingerprint density at radius 3 is 2.11 bits per heavy atom. The van der Waals surface area contributed by atoms with Crippen molar-refractivity contribution in [1.29, 1.82) is 0 Å². The van der Waals surface area contributed by atoms with Gasteiger partial charge < -0.3 is 10.0 Å². The maximum Gasteiger partial charge on any atom is 0.471 e. The van der Waals surface area contributed by atoms with Crippen LogP contribution >= 0.6 is 0 Å². The largest absolute Gasteiger partial charge is 0.480 e. The van der Waals surface area contributed by atoms with Crippen LogP contribution in [0.3, 0.4) is 0 Å². The van der Waals surface area contributed by atoms with Gasteiger partial charge in [0.05, 0.1) is 0 Å². The standard InChI is InChI=1S/C11H18F3NO3/c1-2-3-4-5-6-7-15(8-9(16)17)10(18)11(12,13)14/h2-8H2,1H3,(H,16,17). The van der Waals surface area contributed by atoms with Gasteiger partial charge in [0.1, 0.15) is 6.54 Å². The van der Waals surface area contributed by atoms with Crippen LogP contribution < -0.4 is 0 Å². The Labute approximate surface area is 104 Å². The van der Waals surface area contributed by atoms with Gasteiger partial charge >= 0.3 is 18.1 Å². The van der Waals surface area contributed by atoms with Crippen molar-refractivity contribution in [2.45, 2.75) is 45.2 Å². The van der Waals surface area contributed by atoms with E-state index in [0.29, 0.717) is 17.7 Å². The molecule has 0 heterocycles. The van der Waals surface area contributed by atoms with Crippen molar-refractivity contribution < 1.29 is 27.9 Å². The molecule has 0 aromatic heterocycles. The summed E-state index contributed by atoms with van der Waals surface area (Å²) in [6.45, 7) is 0.921. The number of unbranched alkanes of at least 4 members (excludes halogenated alkanes) is 4. The molecule has 0 aromatic carbocycles. The average molecular weight is 269 g/mol. The van der Waals surface area contributed by atoms with Gasteiger partial charge in [0.25, 0.3) is 0 Å². The first-order valence-electron chi connectivity index (χ1n) is 5.87. The monoisotopic (exact) mass is 269 g/mol. The van der Waals surface area contributed by atoms with Crippen molar-refractivity contribution >= 4 is 11.9 Å². The van der Waals surface area contributed by atoms with E-state index in [9.17, 15) is 22.8 Å². The maximum absolute atomic E-state index is 12.2. The van der Waals surface area contributed by atoms with E-state index in [1.165, 1.54) is 0 Å². The lowest BCUT2D eigenvalue weighted by Crippen LogP contribution is -2.44. The summed E-state index contributed by atoms with van der Waals surface area (Å²) in [7, 11) is 0. The molecule has 18 heavy (non-hydrogen) atoms. The SMILES string of the molecule is CCCCCCCN(CC(=O)O)C(=O)C(F)(F)F. The van der Waals surface area contributed by atoms with Gasteiger partial charge in [-0.1, -0.05) is 32.6 Å². The van der Waals surface area contributed by atoms with Crippen LogP contribution in [0.4, 0.5) is 13.2 Å². The van der Waals surface area contributed by atoms with Gasteiger partial charge in [0, 0.05) is 6.54 Å². The lowest BCUT2D eigenvalue weighted by Gasteiger charge is -2.21. The highest BCUT2D eigenvalue weighted by molar-refractivity contribution is 5.85. The van der Waals surface area contributed by atoms with Crippen LogP contribution in [-0.2, 0) is 9.59 Å². The van der Waals surface area contributed by atoms with Crippen LogP contribution in [-0.4, -0.2) is 41.1 Å². The molecule has 0 rings (SSSR count). The van der Waals surface area contributed by atoms with Gasteiger partial charge in [-0.2, -0.15) is 13.2 Å². The summed E-state index contributed by atoms with van der Waals surface area (Å²) in [5.41, 5.74) is 0. The fourth-order valence-electron chi connectivity index (χ4n) is 1.50. The summed E-state index contributed by atoms with van der Waals surface area (Å²) in [5.74, 6) is -3.53. The first kappa shape index (κ1) is 16.7. The Bertz CT molecular complexity index is 279. The van der Waals surface area contributed by atoms with E-state index in [0.717, 1.165) is 19.3 Å². The number of rotatable bonds is 8. The van der Waals surface area contributed by atoms with E-state index in [1.54, 1.807) is 0 Å². The molecule has 7 heteroatoms. The quantitative estimate of drug-likeness (QED) is 0.688. The molecular formula is C11H18F3NO3. The average Bonchev–Trinajstić information content (AvgIpc) is 2.24. The third kappa shape index (κ3) is 7.13. The molecule has 1 N–H and O–H groups in total. The van der Waals surface area contributed by atoms with Crippen LogP contribution in [0.25, 0.3) is 0 Å². The number of carboxylic acid groups (broad SMARTS) is 1. The van der Waals surface area contributed by atoms with E-state index < -0.39 is 24.6 Å². The second kappa shape index (κ2) is 7.94. The molecule has 0 radical (unpaired) electrons. The Morgan fingerprint density at radius 1 is 1.11 bits per heavy atom. The molecule has 106 valence electrons. The molecule has 0 spiro atoms. The first-order chi connectivity index (χ1) is 8.29. The fourth-order valence-corrected chi connectivity index (χ4v) is 1.50. The molecule has 0 saturated heterocycles. The molecule has 0 unspecified atom stereocenters. The number of nitrogens with zero attached hydrogens (tertiary/aromatic N) is 1. The zero-order valence-electron chi connectivity index (χ0n) is 10.3. The van der Waals surface area contributed by atoms with Crippen molar-refractivity contribution in [2.75, 3.05) is 13.1 Å². The van der Waals surface area contributed by atoms with E-state index in [-0.39, 0.29) is 6.54 Å². The topological polar surface area (TPSA) is 57.6 Å². The summed E-state index contributed by atoms with van der Waals surface area (Å²) in [5, 5.41) is 8.48. The highest BCUT2D eigenvalue weighted by atomic mass is 19.4. The highest BCUT2D eigenvalue weighted by Gasteiger charge is 2.42. The number of amides is 1. The number of carboxylic acids is 1. The third-order valence-corrected chi connectivity index (χ3v) is 2.39. The van der Waals surface area contributed by atoms with Gasteiger partial charge in [-0.05, 0) is 6.42 Å². The van der Waals surface area contributed by atoms with Gasteiger partial charge in [-0.25, -0.2) is 0 Å². The molecule has 0 saturated carbocycles. The maximum atomic E-state index is 12.2. The summed E-state index contributed by atoms with van der Waals surface area (Å²) < 4.78 is 36.6. The predicted molar refractivity (Wildman–Crippen MR) is 59.0 cm³/mol. The van der Waals surface area contributed by atoms with E-state index >= 15 is 0 Å². The fraction of sp³-hybridized carbons (Fsp3) is 0.818. The smallest absolute Gasteiger partial charge is 0.471 e. The molecule has 0 aliphatic rings. The molecule has 0 aliphatic heterocycles. The minimum atomic E-state index is -5.02. The molecule has 0 aliphatic carbocycles. The minimum absolute atomic E-state index is 0.172. The number of carbonyl (C=O) groups is 2. The zero-order chi connectivity index (χ0) is 14.2. The second-order valence-electron chi connectivity index (χ2n) is 4.03. The summed E-state index contributed by atoms with van der Waals surface area (Å²) in [6, 6.07) is 0. The van der Waals surface area contributed by atoms with Crippen molar-refractivity contribution in [3.63, 3.8) is 0 Å². The predicted octanol–water partition coefficient (Wildman–Crippen LogP) is 2.43. The zero-order valence-corrected chi connectivity index (χ0v) is 10.3. The molecule has 0 bridgehead atoms. The Hall–Kier alpha value is -1.27. The molecular weight excluding hydrogens is 251 g/mol. The number of hydrogen-bond acceptors (Lipinski definition) is 2. The lowest BCUT2D eigenvalue weighted by atomic mass is 10.1. The molecule has 1 amide bonds. The number of alkyl halides is 3. The second-order valence-corrected chi connectivity index (χ2v) is 4.03. The van der Waals surface area contributed by atoms with Crippen LogP contribution in [0.5, 0.6) is 0 Å². The highest BCUT2D eigenvalue weighted by Crippen LogP contribution is 2.19. The van der Waals surface area contributed by atoms with Gasteiger partial charge in [-0.15, -0.1) is 0 Å². The van der Waals surface area contributed by atoms with Crippen LogP contribution in [0.2, 0.25) is 0 Å². The van der Waals surface area contributed by atoms with Crippen LogP contribution in [0.15, 0.2) is 0 Å². The number of carbonyl (C=O) groups excluding carboxylic acids is 1. The number of halogens is 3. The molecule has 0 fully saturated rings. The summed E-state index contributed by atoms with van der Waals surface area (Å²) >= 11 is 0. The van der Waals surface area contributed by atoms with Crippen molar-refractivity contribution in [1.82, 2.24) is 4.90 Å². The Kier molecular flexibility index (Phi) is 7.38. The summed E-state index contributed by atoms with van der Waals surface area (Å²) in [6.07, 6.45) is -1.09. The van der Waals surface area contributed by atoms with E-state index in [1.807, 2.05) is 6.92 Å².